The van der Waals surface area contributed by atoms with E-state index in [2.05, 4.69) is 15.8 Å². The molecule has 2 rings (SSSR count). The number of aromatic nitrogens is 1. The Hall–Kier alpha value is -3.05. The number of rotatable bonds is 6. The van der Waals surface area contributed by atoms with Crippen molar-refractivity contribution in [1.82, 2.24) is 15.8 Å². The number of amides is 1. The highest BCUT2D eigenvalue weighted by molar-refractivity contribution is 5.93. The number of nitro benzene ring substituents is 1. The first-order chi connectivity index (χ1) is 12.2. The highest BCUT2D eigenvalue weighted by Gasteiger charge is 2.34. The normalized spacial score (nSPS) is 12.5. The molecule has 11 heteroatoms. The molecule has 0 bridgehead atoms. The fourth-order valence-electron chi connectivity index (χ4n) is 2.16. The van der Waals surface area contributed by atoms with Crippen LogP contribution in [0.25, 0.3) is 0 Å². The molecule has 1 aromatic heterocycles. The monoisotopic (exact) mass is 369 g/mol. The average Bonchev–Trinajstić information content (AvgIpc) is 2.61. The first-order valence-electron chi connectivity index (χ1n) is 7.25. The van der Waals surface area contributed by atoms with Crippen LogP contribution in [0.15, 0.2) is 42.7 Å². The van der Waals surface area contributed by atoms with E-state index in [1.165, 1.54) is 24.5 Å². The number of alkyl halides is 3. The van der Waals surface area contributed by atoms with Gasteiger partial charge in [0, 0.05) is 30.6 Å². The van der Waals surface area contributed by atoms with Crippen molar-refractivity contribution in [2.75, 3.05) is 6.54 Å². The third kappa shape index (κ3) is 4.52. The molecule has 1 unspecified atom stereocenters. The van der Waals surface area contributed by atoms with E-state index >= 15 is 0 Å². The number of pyridine rings is 1. The highest BCUT2D eigenvalue weighted by atomic mass is 19.4. The zero-order valence-electron chi connectivity index (χ0n) is 13.2. The van der Waals surface area contributed by atoms with Crippen molar-refractivity contribution in [2.45, 2.75) is 12.2 Å². The van der Waals surface area contributed by atoms with Crippen molar-refractivity contribution in [3.8, 4) is 0 Å². The molecule has 0 spiro atoms. The van der Waals surface area contributed by atoms with Crippen LogP contribution in [0.5, 0.6) is 0 Å². The minimum absolute atomic E-state index is 0.0861. The van der Waals surface area contributed by atoms with Gasteiger partial charge in [0.1, 0.15) is 0 Å². The molecule has 4 N–H and O–H groups in total. The number of nitrogens with zero attached hydrogens (tertiary/aromatic N) is 2. The molecule has 0 aliphatic carbocycles. The van der Waals surface area contributed by atoms with Crippen LogP contribution in [0, 0.1) is 10.1 Å². The zero-order valence-corrected chi connectivity index (χ0v) is 13.2. The molecule has 0 radical (unpaired) electrons. The van der Waals surface area contributed by atoms with E-state index in [-0.39, 0.29) is 17.7 Å². The van der Waals surface area contributed by atoms with Crippen LogP contribution < -0.4 is 16.6 Å². The van der Waals surface area contributed by atoms with Crippen molar-refractivity contribution in [1.29, 1.82) is 0 Å². The minimum atomic E-state index is -4.72. The molecule has 1 aromatic carbocycles. The first kappa shape index (κ1) is 19.3. The quantitative estimate of drug-likeness (QED) is 0.528. The Labute approximate surface area is 145 Å². The minimum Gasteiger partial charge on any atom is -0.329 e. The van der Waals surface area contributed by atoms with E-state index in [0.717, 1.165) is 12.1 Å². The number of hydrogen-bond acceptors (Lipinski definition) is 6. The van der Waals surface area contributed by atoms with E-state index in [0.29, 0.717) is 6.07 Å². The Morgan fingerprint density at radius 2 is 2.08 bits per heavy atom. The first-order valence-corrected chi connectivity index (χ1v) is 7.25. The predicted octanol–water partition coefficient (Wildman–Crippen LogP) is 1.94. The summed E-state index contributed by atoms with van der Waals surface area (Å²) in [5.74, 6) is -0.578. The van der Waals surface area contributed by atoms with Crippen LogP contribution in [-0.2, 0) is 6.18 Å². The number of benzene rings is 1. The van der Waals surface area contributed by atoms with Crippen LogP contribution in [0.3, 0.4) is 0 Å². The number of halogens is 3. The Morgan fingerprint density at radius 1 is 1.35 bits per heavy atom. The van der Waals surface area contributed by atoms with E-state index < -0.39 is 34.3 Å². The Balaban J connectivity index is 2.23. The van der Waals surface area contributed by atoms with Crippen LogP contribution in [0.4, 0.5) is 18.9 Å². The highest BCUT2D eigenvalue weighted by Crippen LogP contribution is 2.34. The van der Waals surface area contributed by atoms with Gasteiger partial charge in [-0.1, -0.05) is 0 Å². The van der Waals surface area contributed by atoms with Gasteiger partial charge < -0.3 is 5.73 Å². The van der Waals surface area contributed by atoms with Crippen LogP contribution in [0.2, 0.25) is 0 Å². The summed E-state index contributed by atoms with van der Waals surface area (Å²) in [7, 11) is 0. The molecular weight excluding hydrogens is 355 g/mol. The van der Waals surface area contributed by atoms with E-state index in [4.69, 9.17) is 5.73 Å². The average molecular weight is 369 g/mol. The lowest BCUT2D eigenvalue weighted by Crippen LogP contribution is -2.42. The zero-order chi connectivity index (χ0) is 19.3. The van der Waals surface area contributed by atoms with Crippen molar-refractivity contribution in [3.05, 3.63) is 69.5 Å². The fraction of sp³-hybridized carbons (Fsp3) is 0.200. The smallest absolute Gasteiger partial charge is 0.329 e. The summed E-state index contributed by atoms with van der Waals surface area (Å²) >= 11 is 0. The molecule has 0 saturated carbocycles. The Kier molecular flexibility index (Phi) is 5.85. The van der Waals surface area contributed by atoms with Crippen molar-refractivity contribution < 1.29 is 22.9 Å². The maximum atomic E-state index is 12.8. The second kappa shape index (κ2) is 7.89. The fourth-order valence-corrected chi connectivity index (χ4v) is 2.16. The largest absolute Gasteiger partial charge is 0.416 e. The number of nitrogens with one attached hydrogen (secondary N) is 2. The Bertz CT molecular complexity index is 799. The van der Waals surface area contributed by atoms with Gasteiger partial charge in [0.25, 0.3) is 11.6 Å². The van der Waals surface area contributed by atoms with Gasteiger partial charge in [-0.15, -0.1) is 0 Å². The molecule has 0 fully saturated rings. The second-order valence-corrected chi connectivity index (χ2v) is 5.16. The molecule has 0 saturated heterocycles. The number of hydrogen-bond donors (Lipinski definition) is 3. The maximum absolute atomic E-state index is 12.8. The summed E-state index contributed by atoms with van der Waals surface area (Å²) in [6.07, 6.45) is -1.95. The molecule has 1 heterocycles. The van der Waals surface area contributed by atoms with Gasteiger partial charge in [-0.2, -0.15) is 13.2 Å². The number of carbonyl (C=O) groups excluding carboxylic acids is 1. The lowest BCUT2D eigenvalue weighted by Gasteiger charge is -2.18. The van der Waals surface area contributed by atoms with E-state index in [1.807, 2.05) is 0 Å². The Morgan fingerprint density at radius 3 is 2.62 bits per heavy atom. The lowest BCUT2D eigenvalue weighted by molar-refractivity contribution is -0.386. The molecule has 1 amide bonds. The standard InChI is InChI=1S/C15H14F3N5O3/c16-15(17,18)10-3-4-11(13(6-10)23(25)26)12(7-19)21-22-14(24)9-2-1-5-20-8-9/h1-6,8,12,21H,7,19H2,(H,22,24). The molecule has 26 heavy (non-hydrogen) atoms. The number of nitro groups is 1. The molecule has 1 atom stereocenters. The summed E-state index contributed by atoms with van der Waals surface area (Å²) < 4.78 is 38.3. The number of carbonyl (C=O) groups is 1. The van der Waals surface area contributed by atoms with Gasteiger partial charge in [-0.25, -0.2) is 5.43 Å². The van der Waals surface area contributed by atoms with Crippen molar-refractivity contribution in [2.24, 2.45) is 5.73 Å². The molecule has 0 aliphatic heterocycles. The van der Waals surface area contributed by atoms with Gasteiger partial charge in [0.2, 0.25) is 0 Å². The molecule has 2 aromatic rings. The molecule has 0 aliphatic rings. The third-order valence-corrected chi connectivity index (χ3v) is 3.45. The predicted molar refractivity (Wildman–Crippen MR) is 84.7 cm³/mol. The van der Waals surface area contributed by atoms with Gasteiger partial charge in [0.05, 0.1) is 22.1 Å². The van der Waals surface area contributed by atoms with E-state index in [9.17, 15) is 28.1 Å². The second-order valence-electron chi connectivity index (χ2n) is 5.16. The summed E-state index contributed by atoms with van der Waals surface area (Å²) in [4.78, 5) is 26.0. The van der Waals surface area contributed by atoms with Crippen molar-refractivity contribution >= 4 is 11.6 Å². The van der Waals surface area contributed by atoms with Gasteiger partial charge in [-0.3, -0.25) is 25.3 Å². The van der Waals surface area contributed by atoms with Crippen LogP contribution in [-0.4, -0.2) is 22.4 Å². The maximum Gasteiger partial charge on any atom is 0.416 e. The summed E-state index contributed by atoms with van der Waals surface area (Å²) in [6.45, 7) is -0.209. The van der Waals surface area contributed by atoms with Gasteiger partial charge in [-0.05, 0) is 24.3 Å². The van der Waals surface area contributed by atoms with Gasteiger partial charge >= 0.3 is 6.18 Å². The number of hydrazine groups is 1. The number of nitrogens with two attached hydrogens (primary N) is 1. The van der Waals surface area contributed by atoms with Crippen LogP contribution in [0.1, 0.15) is 27.5 Å². The van der Waals surface area contributed by atoms with Crippen LogP contribution >= 0.6 is 0 Å². The van der Waals surface area contributed by atoms with Gasteiger partial charge in [0.15, 0.2) is 0 Å². The molecular formula is C15H14F3N5O3. The molecule has 138 valence electrons. The summed E-state index contributed by atoms with van der Waals surface area (Å²) in [6, 6.07) is 4.16. The van der Waals surface area contributed by atoms with Crippen molar-refractivity contribution in [3.63, 3.8) is 0 Å². The third-order valence-electron chi connectivity index (χ3n) is 3.45. The summed E-state index contributed by atoms with van der Waals surface area (Å²) in [5.41, 5.74) is 8.59. The topological polar surface area (TPSA) is 123 Å². The molecule has 8 nitrogen and oxygen atoms in total. The SMILES string of the molecule is NCC(NNC(=O)c1cccnc1)c1ccc(C(F)(F)F)cc1[N+](=O)[O-]. The van der Waals surface area contributed by atoms with E-state index in [1.54, 1.807) is 0 Å². The lowest BCUT2D eigenvalue weighted by atomic mass is 10.0. The summed E-state index contributed by atoms with van der Waals surface area (Å²) in [5, 5.41) is 11.2.